The summed E-state index contributed by atoms with van der Waals surface area (Å²) in [4.78, 5) is 85.5. The molecule has 0 aliphatic carbocycles. The molecule has 3 aromatic heterocycles. The first-order valence-corrected chi connectivity index (χ1v) is 28.5. The van der Waals surface area contributed by atoms with Gasteiger partial charge in [0.2, 0.25) is 17.7 Å². The van der Waals surface area contributed by atoms with E-state index in [4.69, 9.17) is 9.47 Å². The highest BCUT2D eigenvalue weighted by atomic mass is 16.5. The van der Waals surface area contributed by atoms with Crippen molar-refractivity contribution in [1.29, 1.82) is 0 Å². The molecular weight excluding hydrogens is 1060 g/mol. The third-order valence-electron chi connectivity index (χ3n) is 15.7. The van der Waals surface area contributed by atoms with Gasteiger partial charge in [0.25, 0.3) is 0 Å². The molecule has 424 valence electrons. The summed E-state index contributed by atoms with van der Waals surface area (Å²) in [6.07, 6.45) is -0.0796. The van der Waals surface area contributed by atoms with E-state index in [9.17, 15) is 33.9 Å². The van der Waals surface area contributed by atoms with Gasteiger partial charge in [0, 0.05) is 111 Å². The first-order valence-electron chi connectivity index (χ1n) is 28.5. The number of esters is 2. The second-order valence-corrected chi connectivity index (χ2v) is 21.0. The van der Waals surface area contributed by atoms with Crippen LogP contribution >= 0.6 is 0 Å². The number of para-hydroxylation sites is 6. The molecule has 11 aromatic rings. The highest BCUT2D eigenvalue weighted by Crippen LogP contribution is 2.37. The second kappa shape index (κ2) is 25.8. The van der Waals surface area contributed by atoms with Gasteiger partial charge in [0.05, 0.1) is 0 Å². The van der Waals surface area contributed by atoms with Crippen molar-refractivity contribution in [2.45, 2.75) is 69.9 Å². The quantitative estimate of drug-likeness (QED) is 0.0469. The Morgan fingerprint density at radius 1 is 0.381 bits per heavy atom. The topological polar surface area (TPSA) is 183 Å². The predicted molar refractivity (Wildman–Crippen MR) is 326 cm³/mol. The van der Waals surface area contributed by atoms with Gasteiger partial charge in [-0.1, -0.05) is 170 Å². The Bertz CT molecular complexity index is 3830. The Morgan fingerprint density at radius 2 is 0.667 bits per heavy atom. The highest BCUT2D eigenvalue weighted by Gasteiger charge is 2.30. The Kier molecular flexibility index (Phi) is 17.2. The van der Waals surface area contributed by atoms with Crippen LogP contribution in [0, 0.1) is 0 Å². The zero-order valence-electron chi connectivity index (χ0n) is 46.3. The van der Waals surface area contributed by atoms with Gasteiger partial charge in [-0.3, -0.25) is 14.4 Å². The lowest BCUT2D eigenvalue weighted by Gasteiger charge is -2.25. The number of rotatable bonds is 25. The second-order valence-electron chi connectivity index (χ2n) is 21.0. The molecule has 0 saturated heterocycles. The lowest BCUT2D eigenvalue weighted by Crippen LogP contribution is -2.43. The molecular formula is C69H64N6O9. The van der Waals surface area contributed by atoms with E-state index in [1.807, 2.05) is 215 Å². The number of ether oxygens (including phenoxy) is 2. The fraction of sp³-hybridized carbons (Fsp3) is 0.217. The van der Waals surface area contributed by atoms with Gasteiger partial charge >= 0.3 is 17.9 Å². The number of carboxylic acid groups (broad SMARTS) is 1. The molecule has 0 fully saturated rings. The lowest BCUT2D eigenvalue weighted by atomic mass is 10.1. The van der Waals surface area contributed by atoms with Crippen LogP contribution in [0.4, 0.5) is 0 Å². The number of nitrogens with one attached hydrogen (secondary N) is 2. The summed E-state index contributed by atoms with van der Waals surface area (Å²) in [6, 6.07) is 62.5. The average molecular weight is 1120 g/mol. The van der Waals surface area contributed by atoms with Crippen LogP contribution in [0.15, 0.2) is 206 Å². The van der Waals surface area contributed by atoms with Crippen molar-refractivity contribution in [2.75, 3.05) is 26.2 Å². The first-order chi connectivity index (χ1) is 41.1. The minimum absolute atomic E-state index is 0.0256. The molecule has 84 heavy (non-hydrogen) atoms. The number of carbonyl (C=O) groups is 6. The van der Waals surface area contributed by atoms with Crippen LogP contribution < -0.4 is 10.6 Å². The van der Waals surface area contributed by atoms with Crippen molar-refractivity contribution in [3.63, 3.8) is 0 Å². The Morgan fingerprint density at radius 3 is 0.988 bits per heavy atom. The number of nitrogens with zero attached hydrogens (tertiary/aromatic N) is 4. The largest absolute Gasteiger partial charge is 0.480 e. The van der Waals surface area contributed by atoms with Crippen molar-refractivity contribution < 1.29 is 43.3 Å². The normalized spacial score (nSPS) is 12.6. The molecule has 3 atom stereocenters. The molecule has 3 heterocycles. The number of fused-ring (bicyclic) bond motifs is 9. The van der Waals surface area contributed by atoms with Crippen LogP contribution in [0.5, 0.6) is 0 Å². The van der Waals surface area contributed by atoms with Crippen molar-refractivity contribution >= 4 is 101 Å². The maximum absolute atomic E-state index is 14.5. The van der Waals surface area contributed by atoms with Gasteiger partial charge in [-0.25, -0.2) is 14.4 Å². The SMILES string of the molecule is O=C(CC[C@@H](C(=O)OCc1ccccc1)n1c2ccccc2c2ccccc21)NCCN(CCNC(=O)CC[C@@H](C(=O)OCc1ccccc1)n1c2ccccc2c2ccccc21)C(=O)CC[C@@H](C(=O)O)n1c2ccccc2c2ccccc21. The Labute approximate surface area is 485 Å². The van der Waals surface area contributed by atoms with E-state index < -0.39 is 36.0 Å². The van der Waals surface area contributed by atoms with Crippen LogP contribution in [-0.4, -0.2) is 85.5 Å². The Balaban J connectivity index is 0.792. The summed E-state index contributed by atoms with van der Waals surface area (Å²) in [5.74, 6) is -3.13. The zero-order valence-corrected chi connectivity index (χ0v) is 46.3. The summed E-state index contributed by atoms with van der Waals surface area (Å²) in [7, 11) is 0. The van der Waals surface area contributed by atoms with E-state index in [0.717, 1.165) is 76.5 Å². The van der Waals surface area contributed by atoms with Crippen LogP contribution in [0.3, 0.4) is 0 Å². The van der Waals surface area contributed by atoms with E-state index >= 15 is 0 Å². The monoisotopic (exact) mass is 1120 g/mol. The van der Waals surface area contributed by atoms with Crippen molar-refractivity contribution in [1.82, 2.24) is 29.2 Å². The van der Waals surface area contributed by atoms with E-state index in [1.54, 1.807) is 4.57 Å². The van der Waals surface area contributed by atoms with Crippen LogP contribution in [-0.2, 0) is 51.5 Å². The molecule has 0 bridgehead atoms. The van der Waals surface area contributed by atoms with Gasteiger partial charge in [0.1, 0.15) is 31.3 Å². The number of carboxylic acids is 1. The number of carbonyl (C=O) groups excluding carboxylic acids is 5. The number of hydrogen-bond donors (Lipinski definition) is 3. The predicted octanol–water partition coefficient (Wildman–Crippen LogP) is 12.0. The van der Waals surface area contributed by atoms with Gasteiger partial charge in [0.15, 0.2) is 0 Å². The molecule has 0 spiro atoms. The smallest absolute Gasteiger partial charge is 0.329 e. The van der Waals surface area contributed by atoms with E-state index in [0.29, 0.717) is 0 Å². The highest BCUT2D eigenvalue weighted by molar-refractivity contribution is 6.11. The minimum Gasteiger partial charge on any atom is -0.480 e. The van der Waals surface area contributed by atoms with Gasteiger partial charge in [-0.2, -0.15) is 0 Å². The van der Waals surface area contributed by atoms with Crippen molar-refractivity contribution in [2.24, 2.45) is 0 Å². The van der Waals surface area contributed by atoms with Gasteiger partial charge in [-0.15, -0.1) is 0 Å². The lowest BCUT2D eigenvalue weighted by molar-refractivity contribution is -0.150. The molecule has 0 radical (unpaired) electrons. The molecule has 0 unspecified atom stereocenters. The number of hydrogen-bond acceptors (Lipinski definition) is 8. The van der Waals surface area contributed by atoms with E-state index in [2.05, 4.69) is 10.6 Å². The molecule has 11 rings (SSSR count). The number of benzene rings is 8. The summed E-state index contributed by atoms with van der Waals surface area (Å²) in [6.45, 7) is 0.235. The summed E-state index contributed by atoms with van der Waals surface area (Å²) in [5.41, 5.74) is 6.43. The fourth-order valence-electron chi connectivity index (χ4n) is 11.7. The molecule has 15 nitrogen and oxygen atoms in total. The molecule has 3 amide bonds. The standard InChI is InChI=1S/C69H64N6O9/c76-64(38-35-62(68(81)83-45-47-19-3-1-4-20-47)74-57-31-15-9-25-51(57)52-26-10-16-32-58(52)74)70-41-43-72(66(78)40-37-61(67(79)80)73-55-29-13-7-23-49(55)50-24-8-14-30-56(50)73)44-42-71-65(77)39-36-63(69(82)84-46-48-21-5-2-6-22-48)75-59-33-17-11-27-53(59)54-28-12-18-34-60(54)75/h1-34,61-63H,35-46H2,(H,70,76)(H,71,77)(H,79,80)/t61-,62-,63-/m0/s1. The van der Waals surface area contributed by atoms with Gasteiger partial charge < -0.3 is 43.8 Å². The Hall–Kier alpha value is -10.0. The van der Waals surface area contributed by atoms with Crippen molar-refractivity contribution in [3.05, 3.63) is 217 Å². The third-order valence-corrected chi connectivity index (χ3v) is 15.7. The molecule has 0 aliphatic rings. The zero-order chi connectivity index (χ0) is 57.9. The summed E-state index contributed by atoms with van der Waals surface area (Å²) in [5, 5.41) is 22.3. The van der Waals surface area contributed by atoms with Crippen LogP contribution in [0.25, 0.3) is 65.4 Å². The number of aliphatic carboxylic acids is 1. The number of aromatic nitrogens is 3. The maximum Gasteiger partial charge on any atom is 0.329 e. The summed E-state index contributed by atoms with van der Waals surface area (Å²) < 4.78 is 17.6. The van der Waals surface area contributed by atoms with Gasteiger partial charge in [-0.05, 0) is 66.8 Å². The minimum atomic E-state index is -1.09. The molecule has 0 saturated carbocycles. The summed E-state index contributed by atoms with van der Waals surface area (Å²) >= 11 is 0. The third kappa shape index (κ3) is 12.1. The van der Waals surface area contributed by atoms with E-state index in [-0.39, 0.29) is 95.6 Å². The van der Waals surface area contributed by atoms with Crippen LogP contribution in [0.2, 0.25) is 0 Å². The molecule has 8 aromatic carbocycles. The van der Waals surface area contributed by atoms with Crippen LogP contribution in [0.1, 0.15) is 67.8 Å². The average Bonchev–Trinajstić information content (AvgIpc) is 2.26. The fourth-order valence-corrected chi connectivity index (χ4v) is 11.7. The number of amides is 3. The van der Waals surface area contributed by atoms with E-state index in [1.165, 1.54) is 4.90 Å². The molecule has 0 aliphatic heterocycles. The first kappa shape index (κ1) is 55.9. The molecule has 15 heteroatoms. The van der Waals surface area contributed by atoms with Crippen molar-refractivity contribution in [3.8, 4) is 0 Å². The maximum atomic E-state index is 14.5. The molecule has 3 N–H and O–H groups in total.